The number of aromatic nitrogens is 1. The lowest BCUT2D eigenvalue weighted by atomic mass is 10.1. The summed E-state index contributed by atoms with van der Waals surface area (Å²) in [5.74, 6) is 0.332. The van der Waals surface area contributed by atoms with Crippen molar-refractivity contribution in [1.29, 1.82) is 0 Å². The van der Waals surface area contributed by atoms with Crippen molar-refractivity contribution in [1.82, 2.24) is 5.16 Å². The quantitative estimate of drug-likeness (QED) is 0.736. The molecule has 80 valence electrons. The molecule has 0 aliphatic carbocycles. The van der Waals surface area contributed by atoms with Crippen LogP contribution in [0.5, 0.6) is 0 Å². The van der Waals surface area contributed by atoms with E-state index in [4.69, 9.17) is 14.7 Å². The maximum atomic E-state index is 5.79. The Morgan fingerprint density at radius 1 is 1.31 bits per heavy atom. The highest BCUT2D eigenvalue weighted by atomic mass is 32.1. The fourth-order valence-corrected chi connectivity index (χ4v) is 2.33. The van der Waals surface area contributed by atoms with E-state index in [0.29, 0.717) is 11.6 Å². The first-order chi connectivity index (χ1) is 7.86. The van der Waals surface area contributed by atoms with Gasteiger partial charge in [-0.05, 0) is 17.5 Å². The zero-order valence-corrected chi connectivity index (χ0v) is 9.03. The van der Waals surface area contributed by atoms with Gasteiger partial charge in [0.2, 0.25) is 5.88 Å². The molecular formula is C11H8N2O2S. The van der Waals surface area contributed by atoms with Crippen LogP contribution >= 0.6 is 11.3 Å². The molecule has 3 aromatic heterocycles. The van der Waals surface area contributed by atoms with E-state index in [1.165, 1.54) is 0 Å². The van der Waals surface area contributed by atoms with Crippen LogP contribution in [0.25, 0.3) is 21.7 Å². The highest BCUT2D eigenvalue weighted by molar-refractivity contribution is 7.13. The summed E-state index contributed by atoms with van der Waals surface area (Å²) < 4.78 is 10.1. The third kappa shape index (κ3) is 1.33. The number of thiophene rings is 1. The van der Waals surface area contributed by atoms with Crippen LogP contribution in [0.3, 0.4) is 0 Å². The summed E-state index contributed by atoms with van der Waals surface area (Å²) in [6, 6.07) is 5.77. The predicted octanol–water partition coefficient (Wildman–Crippen LogP) is 3.25. The summed E-state index contributed by atoms with van der Waals surface area (Å²) in [4.78, 5) is 1.04. The van der Waals surface area contributed by atoms with Gasteiger partial charge in [-0.25, -0.2) is 0 Å². The molecule has 0 fully saturated rings. The van der Waals surface area contributed by atoms with E-state index in [1.807, 2.05) is 23.6 Å². The van der Waals surface area contributed by atoms with Crippen LogP contribution in [0.1, 0.15) is 0 Å². The lowest BCUT2D eigenvalue weighted by Gasteiger charge is -1.95. The van der Waals surface area contributed by atoms with Crippen LogP contribution < -0.4 is 5.73 Å². The van der Waals surface area contributed by atoms with Crippen LogP contribution in [0.15, 0.2) is 45.0 Å². The first-order valence-electron chi connectivity index (χ1n) is 4.68. The Morgan fingerprint density at radius 3 is 2.94 bits per heavy atom. The minimum atomic E-state index is 0.332. The first kappa shape index (κ1) is 9.23. The summed E-state index contributed by atoms with van der Waals surface area (Å²) >= 11 is 1.60. The summed E-state index contributed by atoms with van der Waals surface area (Å²) in [5, 5.41) is 5.95. The molecule has 0 aliphatic heterocycles. The second-order valence-electron chi connectivity index (χ2n) is 3.26. The zero-order chi connectivity index (χ0) is 11.0. The van der Waals surface area contributed by atoms with E-state index in [2.05, 4.69) is 5.16 Å². The van der Waals surface area contributed by atoms with Crippen molar-refractivity contribution in [2.75, 3.05) is 5.73 Å². The van der Waals surface area contributed by atoms with Crippen LogP contribution in [0, 0.1) is 0 Å². The van der Waals surface area contributed by atoms with Crippen LogP contribution in [0.4, 0.5) is 5.88 Å². The lowest BCUT2D eigenvalue weighted by Crippen LogP contribution is -1.84. The molecule has 4 nitrogen and oxygen atoms in total. The summed E-state index contributed by atoms with van der Waals surface area (Å²) in [7, 11) is 0. The Labute approximate surface area is 95.3 Å². The largest absolute Gasteiger partial charge is 0.472 e. The predicted molar refractivity (Wildman–Crippen MR) is 61.9 cm³/mol. The Morgan fingerprint density at radius 2 is 2.25 bits per heavy atom. The average Bonchev–Trinajstić information content (AvgIpc) is 2.96. The molecule has 0 amide bonds. The van der Waals surface area contributed by atoms with Crippen molar-refractivity contribution in [2.24, 2.45) is 0 Å². The van der Waals surface area contributed by atoms with E-state index in [9.17, 15) is 0 Å². The van der Waals surface area contributed by atoms with Crippen LogP contribution in [-0.2, 0) is 0 Å². The third-order valence-electron chi connectivity index (χ3n) is 2.28. The third-order valence-corrected chi connectivity index (χ3v) is 3.17. The fourth-order valence-electron chi connectivity index (χ4n) is 1.56. The van der Waals surface area contributed by atoms with Gasteiger partial charge in [0.15, 0.2) is 0 Å². The van der Waals surface area contributed by atoms with Crippen LogP contribution in [-0.4, -0.2) is 5.16 Å². The molecule has 3 heterocycles. The standard InChI is InChI=1S/C11H8N2O2S/c12-11-9(8-2-1-5-16-8)10(13-15-11)7-3-4-14-6-7/h1-6H,12H2. The monoisotopic (exact) mass is 232 g/mol. The molecule has 2 N–H and O–H groups in total. The molecule has 16 heavy (non-hydrogen) atoms. The van der Waals surface area contributed by atoms with Gasteiger partial charge in [0.1, 0.15) is 5.69 Å². The Hall–Kier alpha value is -2.01. The number of anilines is 1. The number of nitrogens with zero attached hydrogens (tertiary/aromatic N) is 1. The molecule has 0 bridgehead atoms. The van der Waals surface area contributed by atoms with Gasteiger partial charge in [-0.2, -0.15) is 0 Å². The Bertz CT molecular complexity index is 582. The minimum absolute atomic E-state index is 0.332. The van der Waals surface area contributed by atoms with E-state index < -0.39 is 0 Å². The normalized spacial score (nSPS) is 10.8. The zero-order valence-electron chi connectivity index (χ0n) is 8.21. The van der Waals surface area contributed by atoms with Crippen molar-refractivity contribution in [3.8, 4) is 21.7 Å². The molecule has 0 saturated carbocycles. The van der Waals surface area contributed by atoms with Crippen molar-refractivity contribution in [3.63, 3.8) is 0 Å². The molecular weight excluding hydrogens is 224 g/mol. The summed E-state index contributed by atoms with van der Waals surface area (Å²) in [6.45, 7) is 0. The van der Waals surface area contributed by atoms with Crippen molar-refractivity contribution in [2.45, 2.75) is 0 Å². The molecule has 5 heteroatoms. The van der Waals surface area contributed by atoms with E-state index in [0.717, 1.165) is 16.0 Å². The number of hydrogen-bond donors (Lipinski definition) is 1. The summed E-state index contributed by atoms with van der Waals surface area (Å²) in [5.41, 5.74) is 8.20. The second kappa shape index (κ2) is 3.53. The van der Waals surface area contributed by atoms with Gasteiger partial charge in [-0.15, -0.1) is 11.3 Å². The van der Waals surface area contributed by atoms with E-state index in [1.54, 1.807) is 23.9 Å². The number of nitrogens with two attached hydrogens (primary N) is 1. The van der Waals surface area contributed by atoms with Gasteiger partial charge < -0.3 is 14.7 Å². The summed E-state index contributed by atoms with van der Waals surface area (Å²) in [6.07, 6.45) is 3.22. The smallest absolute Gasteiger partial charge is 0.231 e. The average molecular weight is 232 g/mol. The van der Waals surface area contributed by atoms with Crippen molar-refractivity contribution < 1.29 is 8.94 Å². The van der Waals surface area contributed by atoms with Gasteiger partial charge in [0.05, 0.1) is 18.1 Å². The molecule has 0 saturated heterocycles. The molecule has 3 rings (SSSR count). The minimum Gasteiger partial charge on any atom is -0.472 e. The van der Waals surface area contributed by atoms with Gasteiger partial charge >= 0.3 is 0 Å². The van der Waals surface area contributed by atoms with Gasteiger partial charge in [-0.3, -0.25) is 0 Å². The molecule has 0 radical (unpaired) electrons. The van der Waals surface area contributed by atoms with Gasteiger partial charge in [-0.1, -0.05) is 11.2 Å². The first-order valence-corrected chi connectivity index (χ1v) is 5.56. The molecule has 0 spiro atoms. The number of rotatable bonds is 2. The maximum absolute atomic E-state index is 5.79. The second-order valence-corrected chi connectivity index (χ2v) is 4.21. The molecule has 3 aromatic rings. The van der Waals surface area contributed by atoms with Gasteiger partial charge in [0.25, 0.3) is 0 Å². The van der Waals surface area contributed by atoms with E-state index >= 15 is 0 Å². The van der Waals surface area contributed by atoms with Crippen molar-refractivity contribution in [3.05, 3.63) is 36.1 Å². The van der Waals surface area contributed by atoms with E-state index in [-0.39, 0.29) is 0 Å². The number of hydrogen-bond acceptors (Lipinski definition) is 5. The molecule has 0 unspecified atom stereocenters. The maximum Gasteiger partial charge on any atom is 0.231 e. The molecule has 0 atom stereocenters. The Kier molecular flexibility index (Phi) is 2.04. The molecule has 0 aromatic carbocycles. The number of nitrogen functional groups attached to an aromatic ring is 1. The molecule has 0 aliphatic rings. The fraction of sp³-hybridized carbons (Fsp3) is 0. The lowest BCUT2D eigenvalue weighted by molar-refractivity contribution is 0.439. The number of furan rings is 1. The van der Waals surface area contributed by atoms with Gasteiger partial charge in [0, 0.05) is 10.4 Å². The highest BCUT2D eigenvalue weighted by Crippen LogP contribution is 2.38. The Balaban J connectivity index is 2.21. The highest BCUT2D eigenvalue weighted by Gasteiger charge is 2.18. The van der Waals surface area contributed by atoms with Crippen LogP contribution in [0.2, 0.25) is 0 Å². The topological polar surface area (TPSA) is 65.2 Å². The van der Waals surface area contributed by atoms with Crippen molar-refractivity contribution >= 4 is 17.2 Å². The SMILES string of the molecule is Nc1onc(-c2ccoc2)c1-c1cccs1.